The summed E-state index contributed by atoms with van der Waals surface area (Å²) < 4.78 is 30.9. The maximum absolute atomic E-state index is 13.7. The number of quaternary nitrogens is 1. The second kappa shape index (κ2) is 67.8. The predicted octanol–water partition coefficient (Wildman–Crippen LogP) is 24.7. The van der Waals surface area contributed by atoms with Crippen LogP contribution in [0.25, 0.3) is 0 Å². The topological polar surface area (TPSA) is 111 Å². The Hall–Kier alpha value is -2.03. The number of likely N-dealkylation sites (N-methyl/N-ethyl adjacent to an activating group) is 1. The minimum absolute atomic E-state index is 0.0416. The van der Waals surface area contributed by atoms with Gasteiger partial charge >= 0.3 is 13.8 Å². The lowest BCUT2D eigenvalue weighted by atomic mass is 10.0. The van der Waals surface area contributed by atoms with Crippen molar-refractivity contribution in [3.05, 3.63) is 48.6 Å². The Labute approximate surface area is 548 Å². The number of rotatable bonds is 71. The number of ether oxygens (including phenoxy) is 1. The van der Waals surface area contributed by atoms with Gasteiger partial charge in [-0.2, -0.15) is 0 Å². The third-order valence-corrected chi connectivity index (χ3v) is 18.5. The highest BCUT2D eigenvalue weighted by atomic mass is 31.2. The molecular weight excluding hydrogens is 1110 g/mol. The Kier molecular flexibility index (Phi) is 66.3. The Bertz CT molecular complexity index is 1640. The minimum Gasteiger partial charge on any atom is -0.456 e. The summed E-state index contributed by atoms with van der Waals surface area (Å²) >= 11 is 0. The molecule has 0 aromatic heterocycles. The molecule has 0 bridgehead atoms. The average molecular weight is 1260 g/mol. The molecule has 0 aliphatic rings. The van der Waals surface area contributed by atoms with Gasteiger partial charge in [-0.15, -0.1) is 0 Å². The molecule has 0 fully saturated rings. The van der Waals surface area contributed by atoms with Crippen LogP contribution in [0.2, 0.25) is 0 Å². The van der Waals surface area contributed by atoms with Crippen molar-refractivity contribution in [2.24, 2.45) is 0 Å². The number of carbonyl (C=O) groups excluding carboxylic acids is 2. The van der Waals surface area contributed by atoms with Crippen LogP contribution in [-0.2, 0) is 27.9 Å². The molecule has 0 radical (unpaired) electrons. The van der Waals surface area contributed by atoms with Crippen LogP contribution in [0, 0.1) is 0 Å². The maximum Gasteiger partial charge on any atom is 0.472 e. The molecule has 518 valence electrons. The Morgan fingerprint density at radius 1 is 0.398 bits per heavy atom. The number of amides is 1. The third-order valence-electron chi connectivity index (χ3n) is 17.5. The van der Waals surface area contributed by atoms with Crippen LogP contribution in [0.4, 0.5) is 0 Å². The minimum atomic E-state index is -4.46. The molecule has 0 saturated carbocycles. The molecule has 9 nitrogen and oxygen atoms in total. The van der Waals surface area contributed by atoms with Gasteiger partial charge < -0.3 is 19.4 Å². The Morgan fingerprint density at radius 2 is 0.693 bits per heavy atom. The van der Waals surface area contributed by atoms with Crippen molar-refractivity contribution < 1.29 is 37.3 Å². The number of unbranched alkanes of at least 4 members (excludes halogenated alkanes) is 49. The van der Waals surface area contributed by atoms with Gasteiger partial charge in [-0.25, -0.2) is 4.57 Å². The molecule has 1 amide bonds. The second-order valence-corrected chi connectivity index (χ2v) is 29.0. The molecule has 3 unspecified atom stereocenters. The zero-order valence-electron chi connectivity index (χ0n) is 59.5. The lowest BCUT2D eigenvalue weighted by Gasteiger charge is -2.27. The first-order valence-corrected chi connectivity index (χ1v) is 40.0. The number of esters is 1. The smallest absolute Gasteiger partial charge is 0.456 e. The van der Waals surface area contributed by atoms with Crippen molar-refractivity contribution in [2.45, 2.75) is 399 Å². The van der Waals surface area contributed by atoms with E-state index >= 15 is 0 Å². The molecular formula is C78H150N2O7P+. The molecule has 0 aliphatic carbocycles. The fourth-order valence-electron chi connectivity index (χ4n) is 11.6. The number of carbonyl (C=O) groups is 2. The summed E-state index contributed by atoms with van der Waals surface area (Å²) in [5, 5.41) is 3.08. The van der Waals surface area contributed by atoms with Crippen LogP contribution in [0.1, 0.15) is 387 Å². The Morgan fingerprint density at radius 3 is 1.06 bits per heavy atom. The number of phosphoric ester groups is 1. The van der Waals surface area contributed by atoms with Crippen LogP contribution in [0.15, 0.2) is 48.6 Å². The number of hydrogen-bond donors (Lipinski definition) is 2. The molecule has 0 aromatic carbocycles. The normalized spacial score (nSPS) is 13.7. The van der Waals surface area contributed by atoms with Gasteiger partial charge in [-0.05, 0) is 70.3 Å². The zero-order valence-corrected chi connectivity index (χ0v) is 60.4. The summed E-state index contributed by atoms with van der Waals surface area (Å²) in [5.74, 6) is -0.490. The van der Waals surface area contributed by atoms with Gasteiger partial charge in [0.15, 0.2) is 0 Å². The van der Waals surface area contributed by atoms with Crippen LogP contribution < -0.4 is 5.32 Å². The summed E-state index contributed by atoms with van der Waals surface area (Å²) in [6.45, 7) is 7.05. The van der Waals surface area contributed by atoms with Gasteiger partial charge in [-0.3, -0.25) is 18.6 Å². The molecule has 3 atom stereocenters. The maximum atomic E-state index is 13.7. The van der Waals surface area contributed by atoms with Gasteiger partial charge in [0.2, 0.25) is 5.91 Å². The highest BCUT2D eigenvalue weighted by molar-refractivity contribution is 7.47. The van der Waals surface area contributed by atoms with Crippen LogP contribution in [0.3, 0.4) is 0 Å². The van der Waals surface area contributed by atoms with Gasteiger partial charge in [0.05, 0.1) is 33.8 Å². The summed E-state index contributed by atoms with van der Waals surface area (Å²) in [7, 11) is 1.51. The standard InChI is InChI=1S/C78H149N2O7P/c1-7-10-13-16-19-22-25-28-30-32-34-36-38-39-40-41-43-44-46-48-50-52-55-58-61-64-67-70-77(81)79-75(74-86-88(83,84)85-73-72-80(4,5)6)76(69-66-63-60-57-54-27-24-21-18-15-12-9-3)87-78(82)71-68-65-62-59-56-53-51-49-47-45-42-37-35-33-31-29-26-23-20-17-14-11-8-2/h20,23,29,31,35,37,66,69,75-76H,7-19,21-22,24-28,30,32-34,36,38-65,67-68,70-74H2,1-6H3,(H-,79,81,83,84)/p+1/b23-20-,31-29-,37-35-,69-66+. The van der Waals surface area contributed by atoms with Crippen LogP contribution in [0.5, 0.6) is 0 Å². The van der Waals surface area contributed by atoms with E-state index in [1.165, 1.54) is 283 Å². The molecule has 88 heavy (non-hydrogen) atoms. The van der Waals surface area contributed by atoms with E-state index in [4.69, 9.17) is 13.8 Å². The second-order valence-electron chi connectivity index (χ2n) is 27.5. The van der Waals surface area contributed by atoms with E-state index in [0.29, 0.717) is 17.4 Å². The largest absolute Gasteiger partial charge is 0.472 e. The van der Waals surface area contributed by atoms with E-state index < -0.39 is 20.0 Å². The van der Waals surface area contributed by atoms with E-state index in [1.54, 1.807) is 0 Å². The van der Waals surface area contributed by atoms with Crippen molar-refractivity contribution >= 4 is 19.7 Å². The van der Waals surface area contributed by atoms with Crippen molar-refractivity contribution in [1.82, 2.24) is 5.32 Å². The predicted molar refractivity (Wildman–Crippen MR) is 383 cm³/mol. The fraction of sp³-hybridized carbons (Fsp3) is 0.872. The van der Waals surface area contributed by atoms with Crippen LogP contribution >= 0.6 is 7.82 Å². The first kappa shape index (κ1) is 86.0. The molecule has 2 N–H and O–H groups in total. The molecule has 10 heteroatoms. The van der Waals surface area contributed by atoms with Gasteiger partial charge in [0, 0.05) is 12.8 Å². The zero-order chi connectivity index (χ0) is 64.2. The highest BCUT2D eigenvalue weighted by Gasteiger charge is 2.30. The van der Waals surface area contributed by atoms with Crippen molar-refractivity contribution in [3.8, 4) is 0 Å². The van der Waals surface area contributed by atoms with E-state index in [0.717, 1.165) is 70.6 Å². The van der Waals surface area contributed by atoms with Crippen molar-refractivity contribution in [2.75, 3.05) is 40.9 Å². The van der Waals surface area contributed by atoms with E-state index in [9.17, 15) is 19.0 Å². The molecule has 0 aromatic rings. The van der Waals surface area contributed by atoms with Gasteiger partial charge in [0.1, 0.15) is 19.3 Å². The lowest BCUT2D eigenvalue weighted by molar-refractivity contribution is -0.870. The van der Waals surface area contributed by atoms with E-state index in [2.05, 4.69) is 62.5 Å². The number of phosphoric acid groups is 1. The molecule has 0 saturated heterocycles. The van der Waals surface area contributed by atoms with Crippen LogP contribution in [-0.4, -0.2) is 74.3 Å². The third kappa shape index (κ3) is 68.3. The highest BCUT2D eigenvalue weighted by Crippen LogP contribution is 2.43. The van der Waals surface area contributed by atoms with E-state index in [1.807, 2.05) is 33.3 Å². The molecule has 0 rings (SSSR count). The lowest BCUT2D eigenvalue weighted by Crippen LogP contribution is -2.47. The summed E-state index contributed by atoms with van der Waals surface area (Å²) in [5.41, 5.74) is 0. The van der Waals surface area contributed by atoms with Crippen molar-refractivity contribution in [1.29, 1.82) is 0 Å². The first-order valence-electron chi connectivity index (χ1n) is 38.5. The molecule has 0 heterocycles. The number of allylic oxidation sites excluding steroid dienone is 7. The Balaban J connectivity index is 4.94. The SMILES string of the molecule is CCCCC/C=C\C/C=C\C/C=C\CCCCCCCCCCCCC(=O)OC(/C=C/CCCCCCCCCCCC)C(COP(=O)(O)OCC[N+](C)(C)C)NC(=O)CCCCCCCCCCCCCCCCCCCCCCCCCCCCC. The summed E-state index contributed by atoms with van der Waals surface area (Å²) in [6, 6.07) is -0.849. The van der Waals surface area contributed by atoms with Crippen molar-refractivity contribution in [3.63, 3.8) is 0 Å². The molecule has 0 spiro atoms. The van der Waals surface area contributed by atoms with E-state index in [-0.39, 0.29) is 31.5 Å². The monoisotopic (exact) mass is 1260 g/mol. The quantitative estimate of drug-likeness (QED) is 0.0205. The average Bonchev–Trinajstić information content (AvgIpc) is 3.71. The fourth-order valence-corrected chi connectivity index (χ4v) is 12.3. The van der Waals surface area contributed by atoms with Gasteiger partial charge in [0.25, 0.3) is 0 Å². The number of nitrogens with one attached hydrogen (secondary N) is 1. The number of nitrogens with zero attached hydrogens (tertiary/aromatic N) is 1. The van der Waals surface area contributed by atoms with Gasteiger partial charge in [-0.1, -0.05) is 352 Å². The molecule has 0 aliphatic heterocycles. The summed E-state index contributed by atoms with van der Waals surface area (Å²) in [6.07, 6.45) is 87.1. The first-order chi connectivity index (χ1) is 42.9. The number of hydrogen-bond acceptors (Lipinski definition) is 6. The summed E-state index contributed by atoms with van der Waals surface area (Å²) in [4.78, 5) is 38.0.